The highest BCUT2D eigenvalue weighted by molar-refractivity contribution is 9.10. The summed E-state index contributed by atoms with van der Waals surface area (Å²) in [6.07, 6.45) is 4.78. The number of nitrogens with zero attached hydrogens (tertiary/aromatic N) is 2. The Hall–Kier alpha value is -0.710. The molecule has 2 aromatic rings. The molecule has 2 rings (SSSR count). The van der Waals surface area contributed by atoms with Gasteiger partial charge in [0.1, 0.15) is 0 Å². The van der Waals surface area contributed by atoms with Crippen molar-refractivity contribution in [2.45, 2.75) is 13.0 Å². The highest BCUT2D eigenvalue weighted by Crippen LogP contribution is 2.20. The lowest BCUT2D eigenvalue weighted by atomic mass is 10.2. The van der Waals surface area contributed by atoms with Gasteiger partial charge in [-0.1, -0.05) is 0 Å². The standard InChI is InChI=1S/C13H15BrN2S/c1-16(9-13-8-12(14)10-17-13)7-4-11-2-5-15-6-3-11/h2-3,5-6,8,10H,4,7,9H2,1H3. The van der Waals surface area contributed by atoms with Crippen molar-refractivity contribution in [1.29, 1.82) is 0 Å². The van der Waals surface area contributed by atoms with E-state index in [1.165, 1.54) is 14.9 Å². The van der Waals surface area contributed by atoms with Crippen LogP contribution in [-0.4, -0.2) is 23.5 Å². The fourth-order valence-electron chi connectivity index (χ4n) is 1.65. The van der Waals surface area contributed by atoms with E-state index in [1.807, 2.05) is 12.4 Å². The van der Waals surface area contributed by atoms with Gasteiger partial charge in [-0.15, -0.1) is 11.3 Å². The fraction of sp³-hybridized carbons (Fsp3) is 0.308. The molecule has 17 heavy (non-hydrogen) atoms. The summed E-state index contributed by atoms with van der Waals surface area (Å²) in [5.41, 5.74) is 1.35. The van der Waals surface area contributed by atoms with Crippen LogP contribution in [0.5, 0.6) is 0 Å². The summed E-state index contributed by atoms with van der Waals surface area (Å²) in [6.45, 7) is 2.08. The first-order valence-corrected chi connectivity index (χ1v) is 7.21. The molecule has 0 atom stereocenters. The third-order valence-electron chi connectivity index (χ3n) is 2.58. The molecule has 2 nitrogen and oxygen atoms in total. The molecular weight excluding hydrogens is 296 g/mol. The Morgan fingerprint density at radius 1 is 1.35 bits per heavy atom. The van der Waals surface area contributed by atoms with Crippen molar-refractivity contribution < 1.29 is 0 Å². The van der Waals surface area contributed by atoms with E-state index in [9.17, 15) is 0 Å². The number of likely N-dealkylation sites (N-methyl/N-ethyl adjacent to an activating group) is 1. The van der Waals surface area contributed by atoms with E-state index >= 15 is 0 Å². The molecule has 2 heterocycles. The van der Waals surface area contributed by atoms with Crippen LogP contribution in [0.1, 0.15) is 10.4 Å². The first-order valence-electron chi connectivity index (χ1n) is 5.54. The van der Waals surface area contributed by atoms with Gasteiger partial charge in [-0.25, -0.2) is 0 Å². The van der Waals surface area contributed by atoms with Crippen LogP contribution in [0.4, 0.5) is 0 Å². The Kier molecular flexibility index (Phi) is 4.71. The van der Waals surface area contributed by atoms with Crippen molar-refractivity contribution in [1.82, 2.24) is 9.88 Å². The van der Waals surface area contributed by atoms with Crippen molar-refractivity contribution in [3.8, 4) is 0 Å². The van der Waals surface area contributed by atoms with Crippen LogP contribution in [0.25, 0.3) is 0 Å². The highest BCUT2D eigenvalue weighted by atomic mass is 79.9. The molecule has 0 saturated carbocycles. The van der Waals surface area contributed by atoms with Crippen molar-refractivity contribution in [3.63, 3.8) is 0 Å². The number of aromatic nitrogens is 1. The summed E-state index contributed by atoms with van der Waals surface area (Å²) in [6, 6.07) is 6.35. The van der Waals surface area contributed by atoms with E-state index < -0.39 is 0 Å². The Balaban J connectivity index is 1.80. The number of hydrogen-bond donors (Lipinski definition) is 0. The van der Waals surface area contributed by atoms with E-state index in [4.69, 9.17) is 0 Å². The van der Waals surface area contributed by atoms with Crippen molar-refractivity contribution in [2.75, 3.05) is 13.6 Å². The SMILES string of the molecule is CN(CCc1ccncc1)Cc1cc(Br)cs1. The zero-order valence-corrected chi connectivity index (χ0v) is 12.2. The first kappa shape index (κ1) is 12.7. The van der Waals surface area contributed by atoms with Crippen LogP contribution in [0.3, 0.4) is 0 Å². The van der Waals surface area contributed by atoms with Crippen molar-refractivity contribution in [3.05, 3.63) is 50.9 Å². The number of halogens is 1. The Bertz CT molecular complexity index is 455. The van der Waals surface area contributed by atoms with E-state index in [1.54, 1.807) is 11.3 Å². The van der Waals surface area contributed by atoms with E-state index in [2.05, 4.69) is 56.4 Å². The molecule has 4 heteroatoms. The maximum atomic E-state index is 4.03. The van der Waals surface area contributed by atoms with Gasteiger partial charge in [-0.3, -0.25) is 4.98 Å². The zero-order chi connectivity index (χ0) is 12.1. The van der Waals surface area contributed by atoms with Crippen LogP contribution >= 0.6 is 27.3 Å². The lowest BCUT2D eigenvalue weighted by Crippen LogP contribution is -2.20. The molecule has 0 aliphatic carbocycles. The molecule has 0 unspecified atom stereocenters. The Morgan fingerprint density at radius 2 is 2.12 bits per heavy atom. The molecule has 90 valence electrons. The lowest BCUT2D eigenvalue weighted by Gasteiger charge is -2.15. The summed E-state index contributed by atoms with van der Waals surface area (Å²) in [7, 11) is 2.16. The zero-order valence-electron chi connectivity index (χ0n) is 9.77. The third-order valence-corrected chi connectivity index (χ3v) is 4.26. The molecule has 0 aliphatic rings. The van der Waals surface area contributed by atoms with Gasteiger partial charge in [0.2, 0.25) is 0 Å². The van der Waals surface area contributed by atoms with Crippen molar-refractivity contribution >= 4 is 27.3 Å². The molecule has 0 bridgehead atoms. The molecule has 0 aromatic carbocycles. The Labute approximate surface area is 114 Å². The maximum absolute atomic E-state index is 4.03. The largest absolute Gasteiger partial charge is 0.301 e. The first-order chi connectivity index (χ1) is 8.24. The lowest BCUT2D eigenvalue weighted by molar-refractivity contribution is 0.334. The van der Waals surface area contributed by atoms with Gasteiger partial charge in [0.25, 0.3) is 0 Å². The number of pyridine rings is 1. The van der Waals surface area contributed by atoms with Gasteiger partial charge in [-0.05, 0) is 53.2 Å². The normalized spacial score (nSPS) is 11.0. The molecule has 0 N–H and O–H groups in total. The van der Waals surface area contributed by atoms with E-state index in [0.29, 0.717) is 0 Å². The molecule has 0 saturated heterocycles. The highest BCUT2D eigenvalue weighted by Gasteiger charge is 2.03. The van der Waals surface area contributed by atoms with Gasteiger partial charge in [0, 0.05) is 40.2 Å². The summed E-state index contributed by atoms with van der Waals surface area (Å²) in [4.78, 5) is 7.77. The molecule has 0 radical (unpaired) electrons. The summed E-state index contributed by atoms with van der Waals surface area (Å²) >= 11 is 5.28. The molecule has 0 amide bonds. The maximum Gasteiger partial charge on any atom is 0.0325 e. The van der Waals surface area contributed by atoms with Gasteiger partial charge < -0.3 is 4.90 Å². The van der Waals surface area contributed by atoms with Crippen LogP contribution in [0.15, 0.2) is 40.4 Å². The van der Waals surface area contributed by atoms with Crippen LogP contribution in [0.2, 0.25) is 0 Å². The van der Waals surface area contributed by atoms with Crippen LogP contribution < -0.4 is 0 Å². The average Bonchev–Trinajstić information content (AvgIpc) is 2.73. The third kappa shape index (κ3) is 4.22. The second kappa shape index (κ2) is 6.28. The molecule has 0 fully saturated rings. The average molecular weight is 311 g/mol. The molecule has 2 aromatic heterocycles. The summed E-state index contributed by atoms with van der Waals surface area (Å²) in [5, 5.41) is 2.13. The van der Waals surface area contributed by atoms with Crippen LogP contribution in [-0.2, 0) is 13.0 Å². The summed E-state index contributed by atoms with van der Waals surface area (Å²) in [5.74, 6) is 0. The fourth-order valence-corrected chi connectivity index (χ4v) is 3.18. The second-order valence-corrected chi connectivity index (χ2v) is 5.99. The molecule has 0 spiro atoms. The van der Waals surface area contributed by atoms with Gasteiger partial charge in [-0.2, -0.15) is 0 Å². The number of rotatable bonds is 5. The van der Waals surface area contributed by atoms with Crippen LogP contribution in [0, 0.1) is 0 Å². The predicted octanol–water partition coefficient (Wildman–Crippen LogP) is 3.58. The topological polar surface area (TPSA) is 16.1 Å². The Morgan fingerprint density at radius 3 is 2.76 bits per heavy atom. The van der Waals surface area contributed by atoms with Gasteiger partial charge in [0.15, 0.2) is 0 Å². The number of thiophene rings is 1. The van der Waals surface area contributed by atoms with E-state index in [0.717, 1.165) is 19.5 Å². The minimum absolute atomic E-state index is 1.02. The van der Waals surface area contributed by atoms with Crippen molar-refractivity contribution in [2.24, 2.45) is 0 Å². The van der Waals surface area contributed by atoms with Gasteiger partial charge in [0.05, 0.1) is 0 Å². The number of hydrogen-bond acceptors (Lipinski definition) is 3. The monoisotopic (exact) mass is 310 g/mol. The molecule has 0 aliphatic heterocycles. The van der Waals surface area contributed by atoms with E-state index in [-0.39, 0.29) is 0 Å². The second-order valence-electron chi connectivity index (χ2n) is 4.07. The van der Waals surface area contributed by atoms with Gasteiger partial charge >= 0.3 is 0 Å². The predicted molar refractivity (Wildman–Crippen MR) is 76.3 cm³/mol. The minimum atomic E-state index is 1.02. The quantitative estimate of drug-likeness (QED) is 0.839. The smallest absolute Gasteiger partial charge is 0.0325 e. The summed E-state index contributed by atoms with van der Waals surface area (Å²) < 4.78 is 1.18. The minimum Gasteiger partial charge on any atom is -0.301 e. The molecular formula is C13H15BrN2S.